The second-order valence-corrected chi connectivity index (χ2v) is 5.30. The zero-order chi connectivity index (χ0) is 15.1. The number of methoxy groups -OCH3 is 1. The van der Waals surface area contributed by atoms with Gasteiger partial charge in [0.2, 0.25) is 0 Å². The van der Waals surface area contributed by atoms with Crippen molar-refractivity contribution in [2.45, 2.75) is 13.3 Å². The lowest BCUT2D eigenvalue weighted by molar-refractivity contribution is 0.0601. The Morgan fingerprint density at radius 3 is 2.76 bits per heavy atom. The predicted molar refractivity (Wildman–Crippen MR) is 85.4 cm³/mol. The summed E-state index contributed by atoms with van der Waals surface area (Å²) in [6.07, 6.45) is 0.924. The number of aromatic nitrogens is 1. The zero-order valence-corrected chi connectivity index (χ0v) is 13.0. The molecule has 2 aromatic rings. The summed E-state index contributed by atoms with van der Waals surface area (Å²) in [6, 6.07) is 7.14. The molecule has 1 heterocycles. The molecule has 0 saturated carbocycles. The number of benzene rings is 1. The van der Waals surface area contributed by atoms with Gasteiger partial charge >= 0.3 is 5.97 Å². The monoisotopic (exact) mass is 305 g/mol. The first-order chi connectivity index (χ1) is 10.2. The number of carbonyl (C=O) groups is 1. The summed E-state index contributed by atoms with van der Waals surface area (Å²) in [5.74, 6) is -0.332. The topological polar surface area (TPSA) is 63.2 Å². The quantitative estimate of drug-likeness (QED) is 0.608. The number of hydrogen-bond acceptors (Lipinski definition) is 6. The summed E-state index contributed by atoms with van der Waals surface area (Å²) in [4.78, 5) is 15.9. The average molecular weight is 305 g/mol. The molecule has 0 radical (unpaired) electrons. The van der Waals surface area contributed by atoms with Gasteiger partial charge in [-0.25, -0.2) is 9.78 Å². The summed E-state index contributed by atoms with van der Waals surface area (Å²) in [7, 11) is 1.37. The van der Waals surface area contributed by atoms with Crippen LogP contribution in [0.25, 0.3) is 0 Å². The average Bonchev–Trinajstić information content (AvgIpc) is 2.95. The highest BCUT2D eigenvalue weighted by atomic mass is 32.1. The van der Waals surface area contributed by atoms with Crippen LogP contribution in [-0.2, 0) is 11.2 Å². The fourth-order valence-corrected chi connectivity index (χ4v) is 2.57. The molecule has 1 aromatic heterocycles. The summed E-state index contributed by atoms with van der Waals surface area (Å²) < 4.78 is 4.67. The molecule has 0 saturated heterocycles. The highest BCUT2D eigenvalue weighted by Crippen LogP contribution is 2.21. The summed E-state index contributed by atoms with van der Waals surface area (Å²) in [6.45, 7) is 4.00. The van der Waals surface area contributed by atoms with Crippen LogP contribution in [0, 0.1) is 0 Å². The maximum absolute atomic E-state index is 11.4. The third-order valence-electron chi connectivity index (χ3n) is 2.92. The van der Waals surface area contributed by atoms with E-state index in [4.69, 9.17) is 0 Å². The fourth-order valence-electron chi connectivity index (χ4n) is 1.80. The number of nitrogens with zero attached hydrogens (tertiary/aromatic N) is 1. The van der Waals surface area contributed by atoms with Crippen molar-refractivity contribution in [3.8, 4) is 0 Å². The summed E-state index contributed by atoms with van der Waals surface area (Å²) in [5, 5.41) is 9.42. The second-order valence-electron chi connectivity index (χ2n) is 4.44. The van der Waals surface area contributed by atoms with Gasteiger partial charge in [0.25, 0.3) is 0 Å². The van der Waals surface area contributed by atoms with Gasteiger partial charge in [-0.1, -0.05) is 6.92 Å². The number of hydrogen-bond donors (Lipinski definition) is 2. The smallest absolute Gasteiger partial charge is 0.337 e. The van der Waals surface area contributed by atoms with Gasteiger partial charge in [-0.2, -0.15) is 0 Å². The van der Waals surface area contributed by atoms with E-state index in [1.807, 2.05) is 12.1 Å². The van der Waals surface area contributed by atoms with E-state index >= 15 is 0 Å². The Balaban J connectivity index is 1.93. The number of anilines is 2. The van der Waals surface area contributed by atoms with E-state index in [9.17, 15) is 4.79 Å². The third-order valence-corrected chi connectivity index (χ3v) is 3.72. The molecular weight excluding hydrogens is 286 g/mol. The number of rotatable bonds is 7. The predicted octanol–water partition coefficient (Wildman–Crippen LogP) is 2.83. The Bertz CT molecular complexity index is 581. The van der Waals surface area contributed by atoms with Crippen LogP contribution < -0.4 is 10.6 Å². The van der Waals surface area contributed by atoms with Gasteiger partial charge in [0.05, 0.1) is 18.4 Å². The molecular formula is C15H19N3O2S. The molecule has 112 valence electrons. The SMILES string of the molecule is CCNCCc1csc(Nc2ccc(C(=O)OC)cc2)n1. The van der Waals surface area contributed by atoms with Crippen LogP contribution in [0.5, 0.6) is 0 Å². The first-order valence-corrected chi connectivity index (χ1v) is 7.71. The van der Waals surface area contributed by atoms with Gasteiger partial charge in [0.1, 0.15) is 0 Å². The van der Waals surface area contributed by atoms with E-state index in [1.165, 1.54) is 7.11 Å². The molecule has 0 atom stereocenters. The molecule has 2 N–H and O–H groups in total. The molecule has 0 unspecified atom stereocenters. The molecule has 0 bridgehead atoms. The molecule has 0 fully saturated rings. The lowest BCUT2D eigenvalue weighted by Gasteiger charge is -2.04. The minimum Gasteiger partial charge on any atom is -0.465 e. The van der Waals surface area contributed by atoms with Crippen molar-refractivity contribution in [1.29, 1.82) is 0 Å². The molecule has 5 nitrogen and oxygen atoms in total. The van der Waals surface area contributed by atoms with Crippen LogP contribution in [-0.4, -0.2) is 31.2 Å². The van der Waals surface area contributed by atoms with E-state index in [0.29, 0.717) is 5.56 Å². The molecule has 0 aliphatic rings. The molecule has 0 spiro atoms. The van der Waals surface area contributed by atoms with Gasteiger partial charge in [0.15, 0.2) is 5.13 Å². The highest BCUT2D eigenvalue weighted by molar-refractivity contribution is 7.13. The van der Waals surface area contributed by atoms with Crippen LogP contribution in [0.4, 0.5) is 10.8 Å². The van der Waals surface area contributed by atoms with Gasteiger partial charge < -0.3 is 15.4 Å². The second kappa shape index (κ2) is 7.75. The van der Waals surface area contributed by atoms with E-state index < -0.39 is 0 Å². The minimum absolute atomic E-state index is 0.332. The summed E-state index contributed by atoms with van der Waals surface area (Å²) in [5.41, 5.74) is 2.51. The number of esters is 1. The number of nitrogens with one attached hydrogen (secondary N) is 2. The molecule has 2 rings (SSSR count). The zero-order valence-electron chi connectivity index (χ0n) is 12.2. The Hall–Kier alpha value is -1.92. The van der Waals surface area contributed by atoms with Crippen LogP contribution >= 0.6 is 11.3 Å². The number of ether oxygens (including phenoxy) is 1. The van der Waals surface area contributed by atoms with Crippen LogP contribution in [0.15, 0.2) is 29.6 Å². The molecule has 0 aliphatic heterocycles. The fraction of sp³-hybridized carbons (Fsp3) is 0.333. The Kier molecular flexibility index (Phi) is 5.71. The minimum atomic E-state index is -0.332. The van der Waals surface area contributed by atoms with Crippen molar-refractivity contribution in [2.24, 2.45) is 0 Å². The van der Waals surface area contributed by atoms with E-state index in [-0.39, 0.29) is 5.97 Å². The number of carbonyl (C=O) groups excluding carboxylic acids is 1. The van der Waals surface area contributed by atoms with Gasteiger partial charge in [-0.05, 0) is 30.8 Å². The Morgan fingerprint density at radius 2 is 2.10 bits per heavy atom. The Labute approximate surface area is 128 Å². The van der Waals surface area contributed by atoms with Crippen LogP contribution in [0.2, 0.25) is 0 Å². The molecule has 0 amide bonds. The van der Waals surface area contributed by atoms with Crippen molar-refractivity contribution in [3.63, 3.8) is 0 Å². The van der Waals surface area contributed by atoms with Gasteiger partial charge in [-0.15, -0.1) is 11.3 Å². The standard InChI is InChI=1S/C15H19N3O2S/c1-3-16-9-8-13-10-21-15(18-13)17-12-6-4-11(5-7-12)14(19)20-2/h4-7,10,16H,3,8-9H2,1-2H3,(H,17,18). The number of thiazole rings is 1. The van der Waals surface area contributed by atoms with E-state index in [1.54, 1.807) is 23.5 Å². The van der Waals surface area contributed by atoms with Crippen molar-refractivity contribution in [3.05, 3.63) is 40.9 Å². The van der Waals surface area contributed by atoms with Crippen molar-refractivity contribution >= 4 is 28.1 Å². The number of likely N-dealkylation sites (N-methyl/N-ethyl adjacent to an activating group) is 1. The van der Waals surface area contributed by atoms with E-state index in [2.05, 4.69) is 32.7 Å². The maximum atomic E-state index is 11.4. The third kappa shape index (κ3) is 4.54. The van der Waals surface area contributed by atoms with Gasteiger partial charge in [0, 0.05) is 24.0 Å². The van der Waals surface area contributed by atoms with Crippen LogP contribution in [0.1, 0.15) is 23.0 Å². The van der Waals surface area contributed by atoms with Gasteiger partial charge in [-0.3, -0.25) is 0 Å². The molecule has 6 heteroatoms. The van der Waals surface area contributed by atoms with Crippen LogP contribution in [0.3, 0.4) is 0 Å². The van der Waals surface area contributed by atoms with E-state index in [0.717, 1.165) is 36.0 Å². The molecule has 21 heavy (non-hydrogen) atoms. The normalized spacial score (nSPS) is 10.4. The molecule has 0 aliphatic carbocycles. The maximum Gasteiger partial charge on any atom is 0.337 e. The lowest BCUT2D eigenvalue weighted by Crippen LogP contribution is -2.16. The Morgan fingerprint density at radius 1 is 1.33 bits per heavy atom. The molecule has 1 aromatic carbocycles. The lowest BCUT2D eigenvalue weighted by atomic mass is 10.2. The van der Waals surface area contributed by atoms with Crippen molar-refractivity contribution in [1.82, 2.24) is 10.3 Å². The highest BCUT2D eigenvalue weighted by Gasteiger charge is 2.06. The first-order valence-electron chi connectivity index (χ1n) is 6.83. The first kappa shape index (κ1) is 15.5. The van der Waals surface area contributed by atoms with Crippen molar-refractivity contribution < 1.29 is 9.53 Å². The van der Waals surface area contributed by atoms with Crippen molar-refractivity contribution in [2.75, 3.05) is 25.5 Å². The summed E-state index contributed by atoms with van der Waals surface area (Å²) >= 11 is 1.58. The largest absolute Gasteiger partial charge is 0.465 e.